The number of carbonyl (C=O) groups excluding carboxylic acids is 1. The van der Waals surface area contributed by atoms with Crippen molar-refractivity contribution in [2.75, 3.05) is 11.9 Å². The highest BCUT2D eigenvalue weighted by molar-refractivity contribution is 5.91. The molecule has 0 saturated carbocycles. The molecule has 2 rings (SSSR count). The molecule has 0 aliphatic rings. The zero-order valence-electron chi connectivity index (χ0n) is 12.7. The summed E-state index contributed by atoms with van der Waals surface area (Å²) in [4.78, 5) is 11.9. The topological polar surface area (TPSA) is 62.1 Å². The second kappa shape index (κ2) is 7.28. The first-order chi connectivity index (χ1) is 10.6. The molecule has 4 heteroatoms. The van der Waals surface area contributed by atoms with Crippen molar-refractivity contribution in [1.29, 1.82) is 5.26 Å². The summed E-state index contributed by atoms with van der Waals surface area (Å²) in [6.07, 6.45) is 0. The number of hydrogen-bond acceptors (Lipinski definition) is 3. The molecular formula is C18H18N2O2. The van der Waals surface area contributed by atoms with Crippen LogP contribution in [0.25, 0.3) is 0 Å². The van der Waals surface area contributed by atoms with Crippen molar-refractivity contribution in [2.45, 2.75) is 19.8 Å². The molecule has 0 spiro atoms. The van der Waals surface area contributed by atoms with Gasteiger partial charge in [0.1, 0.15) is 5.75 Å². The third kappa shape index (κ3) is 4.35. The molecule has 2 aromatic rings. The van der Waals surface area contributed by atoms with Crippen LogP contribution in [0.2, 0.25) is 0 Å². The Hall–Kier alpha value is -2.80. The number of benzene rings is 2. The van der Waals surface area contributed by atoms with Gasteiger partial charge in [-0.15, -0.1) is 0 Å². The molecule has 0 bridgehead atoms. The molecule has 4 nitrogen and oxygen atoms in total. The van der Waals surface area contributed by atoms with E-state index in [2.05, 4.69) is 19.2 Å². The highest BCUT2D eigenvalue weighted by atomic mass is 16.5. The fraction of sp³-hybridized carbons (Fsp3) is 0.222. The lowest BCUT2D eigenvalue weighted by atomic mass is 10.0. The Labute approximate surface area is 130 Å². The van der Waals surface area contributed by atoms with E-state index >= 15 is 0 Å². The smallest absolute Gasteiger partial charge is 0.262 e. The Balaban J connectivity index is 1.88. The number of amides is 1. The molecule has 0 radical (unpaired) electrons. The highest BCUT2D eigenvalue weighted by Gasteiger charge is 2.05. The van der Waals surface area contributed by atoms with Crippen LogP contribution in [-0.2, 0) is 4.79 Å². The number of rotatable bonds is 5. The van der Waals surface area contributed by atoms with Crippen LogP contribution in [0.4, 0.5) is 5.69 Å². The average Bonchev–Trinajstić information content (AvgIpc) is 2.53. The zero-order valence-corrected chi connectivity index (χ0v) is 12.7. The van der Waals surface area contributed by atoms with Gasteiger partial charge in [0.15, 0.2) is 6.61 Å². The molecule has 0 fully saturated rings. The predicted molar refractivity (Wildman–Crippen MR) is 85.8 cm³/mol. The molecule has 0 heterocycles. The largest absolute Gasteiger partial charge is 0.484 e. The fourth-order valence-corrected chi connectivity index (χ4v) is 1.95. The lowest BCUT2D eigenvalue weighted by Gasteiger charge is -2.09. The van der Waals surface area contributed by atoms with Gasteiger partial charge in [0.25, 0.3) is 5.91 Å². The van der Waals surface area contributed by atoms with Crippen molar-refractivity contribution in [3.8, 4) is 11.8 Å². The minimum atomic E-state index is -0.236. The number of hydrogen-bond donors (Lipinski definition) is 1. The quantitative estimate of drug-likeness (QED) is 0.914. The van der Waals surface area contributed by atoms with Crippen LogP contribution in [0, 0.1) is 11.3 Å². The van der Waals surface area contributed by atoms with Crippen LogP contribution in [0.1, 0.15) is 30.9 Å². The minimum Gasteiger partial charge on any atom is -0.484 e. The molecule has 0 unspecified atom stereocenters. The van der Waals surface area contributed by atoms with Gasteiger partial charge in [0.05, 0.1) is 11.6 Å². The molecule has 22 heavy (non-hydrogen) atoms. The second-order valence-electron chi connectivity index (χ2n) is 5.25. The number of carbonyl (C=O) groups is 1. The summed E-state index contributed by atoms with van der Waals surface area (Å²) in [5, 5.41) is 11.6. The van der Waals surface area contributed by atoms with Crippen molar-refractivity contribution in [3.05, 3.63) is 59.7 Å². The van der Waals surface area contributed by atoms with Gasteiger partial charge in [-0.1, -0.05) is 32.0 Å². The van der Waals surface area contributed by atoms with Crippen LogP contribution < -0.4 is 10.1 Å². The molecule has 0 aromatic heterocycles. The van der Waals surface area contributed by atoms with Gasteiger partial charge in [-0.2, -0.15) is 5.26 Å². The van der Waals surface area contributed by atoms with E-state index in [-0.39, 0.29) is 12.5 Å². The number of nitrogens with one attached hydrogen (secondary N) is 1. The fourth-order valence-electron chi connectivity index (χ4n) is 1.95. The van der Waals surface area contributed by atoms with Crippen molar-refractivity contribution in [3.63, 3.8) is 0 Å². The number of anilines is 1. The Morgan fingerprint density at radius 1 is 1.23 bits per heavy atom. The standard InChI is InChI=1S/C18H18N2O2/c1-13(2)15-6-8-16(9-7-15)20-18(21)12-22-17-5-3-4-14(10-17)11-19/h3-10,13H,12H2,1-2H3,(H,20,21). The third-order valence-corrected chi connectivity index (χ3v) is 3.19. The third-order valence-electron chi connectivity index (χ3n) is 3.19. The van der Waals surface area contributed by atoms with Crippen molar-refractivity contribution in [1.82, 2.24) is 0 Å². The molecule has 0 aliphatic heterocycles. The Bertz CT molecular complexity index is 685. The van der Waals surface area contributed by atoms with Crippen LogP contribution in [-0.4, -0.2) is 12.5 Å². The van der Waals surface area contributed by atoms with Crippen LogP contribution in [0.15, 0.2) is 48.5 Å². The van der Waals surface area contributed by atoms with Gasteiger partial charge in [-0.3, -0.25) is 4.79 Å². The maximum atomic E-state index is 11.9. The van der Waals surface area contributed by atoms with Crippen LogP contribution >= 0.6 is 0 Å². The first-order valence-corrected chi connectivity index (χ1v) is 7.11. The minimum absolute atomic E-state index is 0.0964. The second-order valence-corrected chi connectivity index (χ2v) is 5.25. The summed E-state index contributed by atoms with van der Waals surface area (Å²) >= 11 is 0. The zero-order chi connectivity index (χ0) is 15.9. The molecular weight excluding hydrogens is 276 g/mol. The molecule has 1 amide bonds. The van der Waals surface area contributed by atoms with E-state index in [4.69, 9.17) is 10.00 Å². The van der Waals surface area contributed by atoms with Crippen LogP contribution in [0.5, 0.6) is 5.75 Å². The highest BCUT2D eigenvalue weighted by Crippen LogP contribution is 2.17. The van der Waals surface area contributed by atoms with Gasteiger partial charge < -0.3 is 10.1 Å². The monoisotopic (exact) mass is 294 g/mol. The maximum absolute atomic E-state index is 11.9. The predicted octanol–water partition coefficient (Wildman–Crippen LogP) is 3.70. The first-order valence-electron chi connectivity index (χ1n) is 7.11. The molecule has 0 aliphatic carbocycles. The number of nitrogens with zero attached hydrogens (tertiary/aromatic N) is 1. The molecule has 0 atom stereocenters. The van der Waals surface area contributed by atoms with E-state index in [1.807, 2.05) is 30.3 Å². The Morgan fingerprint density at radius 2 is 1.95 bits per heavy atom. The molecule has 2 aromatic carbocycles. The summed E-state index contributed by atoms with van der Waals surface area (Å²) < 4.78 is 5.38. The molecule has 112 valence electrons. The van der Waals surface area contributed by atoms with Crippen molar-refractivity contribution in [2.24, 2.45) is 0 Å². The van der Waals surface area contributed by atoms with Gasteiger partial charge in [-0.05, 0) is 41.8 Å². The number of ether oxygens (including phenoxy) is 1. The van der Waals surface area contributed by atoms with E-state index in [0.717, 1.165) is 5.69 Å². The van der Waals surface area contributed by atoms with Crippen molar-refractivity contribution >= 4 is 11.6 Å². The molecule has 1 N–H and O–H groups in total. The van der Waals surface area contributed by atoms with Crippen LogP contribution in [0.3, 0.4) is 0 Å². The summed E-state index contributed by atoms with van der Waals surface area (Å²) in [5.41, 5.74) is 2.47. The lowest BCUT2D eigenvalue weighted by molar-refractivity contribution is -0.118. The van der Waals surface area contributed by atoms with E-state index < -0.39 is 0 Å². The SMILES string of the molecule is CC(C)c1ccc(NC(=O)COc2cccc(C#N)c2)cc1. The Kier molecular flexibility index (Phi) is 5.16. The normalized spacial score (nSPS) is 10.1. The van der Waals surface area contributed by atoms with Gasteiger partial charge in [0, 0.05) is 5.69 Å². The maximum Gasteiger partial charge on any atom is 0.262 e. The Morgan fingerprint density at radius 3 is 2.59 bits per heavy atom. The lowest BCUT2D eigenvalue weighted by Crippen LogP contribution is -2.20. The molecule has 0 saturated heterocycles. The average molecular weight is 294 g/mol. The van der Waals surface area contributed by atoms with Gasteiger partial charge >= 0.3 is 0 Å². The van der Waals surface area contributed by atoms with E-state index in [9.17, 15) is 4.79 Å². The van der Waals surface area contributed by atoms with Crippen molar-refractivity contribution < 1.29 is 9.53 Å². The number of nitriles is 1. The first kappa shape index (κ1) is 15.6. The summed E-state index contributed by atoms with van der Waals surface area (Å²) in [6.45, 7) is 4.15. The van der Waals surface area contributed by atoms with Gasteiger partial charge in [0.2, 0.25) is 0 Å². The summed E-state index contributed by atoms with van der Waals surface area (Å²) in [6, 6.07) is 16.5. The van der Waals surface area contributed by atoms with Gasteiger partial charge in [-0.25, -0.2) is 0 Å². The summed E-state index contributed by atoms with van der Waals surface area (Å²) in [7, 11) is 0. The van der Waals surface area contributed by atoms with E-state index in [1.165, 1.54) is 5.56 Å². The van der Waals surface area contributed by atoms with E-state index in [1.54, 1.807) is 24.3 Å². The summed E-state index contributed by atoms with van der Waals surface area (Å²) in [5.74, 6) is 0.726. The van der Waals surface area contributed by atoms with E-state index in [0.29, 0.717) is 17.2 Å².